The molecular weight excluding hydrogens is 174 g/mol. The Bertz CT molecular complexity index is 356. The van der Waals surface area contributed by atoms with E-state index in [1.54, 1.807) is 0 Å². The fourth-order valence-corrected chi connectivity index (χ4v) is 1.74. The first-order valence-corrected chi connectivity index (χ1v) is 4.80. The zero-order valence-electron chi connectivity index (χ0n) is 7.89. The predicted octanol–water partition coefficient (Wildman–Crippen LogP) is 1.77. The third kappa shape index (κ3) is 1.75. The molecule has 0 saturated carbocycles. The molecule has 2 unspecified atom stereocenters. The molecule has 72 valence electrons. The number of carbonyl (C=O) groups excluding carboxylic acids is 1. The molecule has 0 saturated heterocycles. The number of allylic oxidation sites excluding steroid dienone is 1. The molecule has 0 aliphatic heterocycles. The van der Waals surface area contributed by atoms with Gasteiger partial charge in [0, 0.05) is 17.5 Å². The first kappa shape index (κ1) is 9.16. The Balaban J connectivity index is 2.14. The SMILES string of the molecule is NC1C=CC(C(=O)c2ccccc2)C1. The molecule has 1 aromatic rings. The van der Waals surface area contributed by atoms with E-state index in [1.165, 1.54) is 0 Å². The second kappa shape index (κ2) is 3.76. The lowest BCUT2D eigenvalue weighted by atomic mass is 9.97. The zero-order chi connectivity index (χ0) is 9.97. The van der Waals surface area contributed by atoms with Crippen LogP contribution in [-0.2, 0) is 0 Å². The zero-order valence-corrected chi connectivity index (χ0v) is 7.89. The van der Waals surface area contributed by atoms with Gasteiger partial charge in [0.2, 0.25) is 0 Å². The van der Waals surface area contributed by atoms with Crippen LogP contribution in [-0.4, -0.2) is 11.8 Å². The van der Waals surface area contributed by atoms with Crippen LogP contribution in [0.15, 0.2) is 42.5 Å². The van der Waals surface area contributed by atoms with Gasteiger partial charge in [-0.25, -0.2) is 0 Å². The van der Waals surface area contributed by atoms with Crippen LogP contribution >= 0.6 is 0 Å². The molecule has 2 atom stereocenters. The van der Waals surface area contributed by atoms with E-state index in [4.69, 9.17) is 5.73 Å². The van der Waals surface area contributed by atoms with Gasteiger partial charge in [0.05, 0.1) is 0 Å². The smallest absolute Gasteiger partial charge is 0.169 e. The molecule has 0 amide bonds. The van der Waals surface area contributed by atoms with Crippen LogP contribution in [0.25, 0.3) is 0 Å². The van der Waals surface area contributed by atoms with Gasteiger partial charge in [-0.3, -0.25) is 4.79 Å². The molecule has 0 heterocycles. The van der Waals surface area contributed by atoms with Crippen LogP contribution in [0.5, 0.6) is 0 Å². The Labute approximate surface area is 83.4 Å². The highest BCUT2D eigenvalue weighted by Gasteiger charge is 2.23. The fourth-order valence-electron chi connectivity index (χ4n) is 1.74. The number of hydrogen-bond acceptors (Lipinski definition) is 2. The normalized spacial score (nSPS) is 25.2. The quantitative estimate of drug-likeness (QED) is 0.566. The van der Waals surface area contributed by atoms with E-state index >= 15 is 0 Å². The van der Waals surface area contributed by atoms with Crippen molar-refractivity contribution in [2.24, 2.45) is 11.7 Å². The molecule has 1 aliphatic carbocycles. The number of benzene rings is 1. The summed E-state index contributed by atoms with van der Waals surface area (Å²) in [4.78, 5) is 11.9. The lowest BCUT2D eigenvalue weighted by Gasteiger charge is -2.07. The summed E-state index contributed by atoms with van der Waals surface area (Å²) >= 11 is 0. The lowest BCUT2D eigenvalue weighted by molar-refractivity contribution is 0.0943. The second-order valence-corrected chi connectivity index (χ2v) is 3.62. The third-order valence-electron chi connectivity index (χ3n) is 2.51. The highest BCUT2D eigenvalue weighted by Crippen LogP contribution is 2.20. The van der Waals surface area contributed by atoms with E-state index in [2.05, 4.69) is 0 Å². The van der Waals surface area contributed by atoms with Crippen molar-refractivity contribution in [3.63, 3.8) is 0 Å². The van der Waals surface area contributed by atoms with E-state index < -0.39 is 0 Å². The van der Waals surface area contributed by atoms with E-state index in [-0.39, 0.29) is 17.7 Å². The number of hydrogen-bond donors (Lipinski definition) is 1. The lowest BCUT2D eigenvalue weighted by Crippen LogP contribution is -2.19. The molecule has 0 fully saturated rings. The minimum Gasteiger partial charge on any atom is -0.324 e. The van der Waals surface area contributed by atoms with Gasteiger partial charge in [0.25, 0.3) is 0 Å². The topological polar surface area (TPSA) is 43.1 Å². The van der Waals surface area contributed by atoms with Crippen LogP contribution in [0, 0.1) is 5.92 Å². The molecule has 2 heteroatoms. The molecule has 0 bridgehead atoms. The van der Waals surface area contributed by atoms with E-state index in [0.717, 1.165) is 12.0 Å². The van der Waals surface area contributed by atoms with Crippen LogP contribution in [0.4, 0.5) is 0 Å². The Morgan fingerprint density at radius 1 is 1.21 bits per heavy atom. The van der Waals surface area contributed by atoms with Gasteiger partial charge in [-0.1, -0.05) is 42.5 Å². The minimum absolute atomic E-state index is 0.0209. The molecule has 1 aromatic carbocycles. The fraction of sp³-hybridized carbons (Fsp3) is 0.250. The van der Waals surface area contributed by atoms with Crippen LogP contribution in [0.3, 0.4) is 0 Å². The summed E-state index contributed by atoms with van der Waals surface area (Å²) < 4.78 is 0. The van der Waals surface area contributed by atoms with E-state index in [0.29, 0.717) is 0 Å². The number of ketones is 1. The molecule has 0 radical (unpaired) electrons. The van der Waals surface area contributed by atoms with Gasteiger partial charge >= 0.3 is 0 Å². The molecule has 2 N–H and O–H groups in total. The number of carbonyl (C=O) groups is 1. The molecule has 2 nitrogen and oxygen atoms in total. The van der Waals surface area contributed by atoms with Crippen LogP contribution in [0.2, 0.25) is 0 Å². The average Bonchev–Trinajstić information content (AvgIpc) is 2.65. The Kier molecular flexibility index (Phi) is 2.46. The summed E-state index contributed by atoms with van der Waals surface area (Å²) in [5.41, 5.74) is 6.48. The number of rotatable bonds is 2. The minimum atomic E-state index is -0.0209. The summed E-state index contributed by atoms with van der Waals surface area (Å²) in [5, 5.41) is 0. The maximum Gasteiger partial charge on any atom is 0.169 e. The van der Waals surface area contributed by atoms with Gasteiger partial charge < -0.3 is 5.73 Å². The first-order chi connectivity index (χ1) is 6.77. The maximum absolute atomic E-state index is 11.9. The van der Waals surface area contributed by atoms with E-state index in [1.807, 2.05) is 42.5 Å². The molecule has 2 rings (SSSR count). The van der Waals surface area contributed by atoms with Crippen LogP contribution < -0.4 is 5.73 Å². The van der Waals surface area contributed by atoms with Crippen molar-refractivity contribution in [2.45, 2.75) is 12.5 Å². The third-order valence-corrected chi connectivity index (χ3v) is 2.51. The maximum atomic E-state index is 11.9. The van der Waals surface area contributed by atoms with Gasteiger partial charge in [-0.2, -0.15) is 0 Å². The highest BCUT2D eigenvalue weighted by atomic mass is 16.1. The van der Waals surface area contributed by atoms with Crippen molar-refractivity contribution in [2.75, 3.05) is 0 Å². The summed E-state index contributed by atoms with van der Waals surface area (Å²) in [7, 11) is 0. The molecule has 1 aliphatic rings. The molecular formula is C12H13NO. The van der Waals surface area contributed by atoms with Gasteiger partial charge in [0.1, 0.15) is 0 Å². The van der Waals surface area contributed by atoms with Crippen LogP contribution in [0.1, 0.15) is 16.8 Å². The summed E-state index contributed by atoms with van der Waals surface area (Å²) in [5.74, 6) is 0.155. The van der Waals surface area contributed by atoms with Crippen molar-refractivity contribution in [1.29, 1.82) is 0 Å². The standard InChI is InChI=1S/C12H13NO/c13-11-7-6-10(8-11)12(14)9-4-2-1-3-5-9/h1-7,10-11H,8,13H2. The number of nitrogens with two attached hydrogens (primary N) is 1. The van der Waals surface area contributed by atoms with Crippen molar-refractivity contribution in [3.8, 4) is 0 Å². The van der Waals surface area contributed by atoms with Gasteiger partial charge in [0.15, 0.2) is 5.78 Å². The van der Waals surface area contributed by atoms with Crippen molar-refractivity contribution in [1.82, 2.24) is 0 Å². The molecule has 14 heavy (non-hydrogen) atoms. The predicted molar refractivity (Wildman–Crippen MR) is 56.0 cm³/mol. The van der Waals surface area contributed by atoms with Gasteiger partial charge in [-0.05, 0) is 6.42 Å². The second-order valence-electron chi connectivity index (χ2n) is 3.62. The Hall–Kier alpha value is -1.41. The van der Waals surface area contributed by atoms with Gasteiger partial charge in [-0.15, -0.1) is 0 Å². The summed E-state index contributed by atoms with van der Waals surface area (Å²) in [6.07, 6.45) is 4.57. The summed E-state index contributed by atoms with van der Waals surface area (Å²) in [6, 6.07) is 9.41. The molecule has 0 spiro atoms. The number of Topliss-reactive ketones (excluding diaryl/α,β-unsaturated/α-hetero) is 1. The van der Waals surface area contributed by atoms with Crippen molar-refractivity contribution >= 4 is 5.78 Å². The Morgan fingerprint density at radius 2 is 1.93 bits per heavy atom. The molecule has 0 aromatic heterocycles. The monoisotopic (exact) mass is 187 g/mol. The van der Waals surface area contributed by atoms with Crippen molar-refractivity contribution < 1.29 is 4.79 Å². The Morgan fingerprint density at radius 3 is 2.50 bits per heavy atom. The van der Waals surface area contributed by atoms with E-state index in [9.17, 15) is 4.79 Å². The first-order valence-electron chi connectivity index (χ1n) is 4.80. The average molecular weight is 187 g/mol. The largest absolute Gasteiger partial charge is 0.324 e. The summed E-state index contributed by atoms with van der Waals surface area (Å²) in [6.45, 7) is 0. The highest BCUT2D eigenvalue weighted by molar-refractivity contribution is 5.99. The van der Waals surface area contributed by atoms with Crippen molar-refractivity contribution in [3.05, 3.63) is 48.0 Å².